The number of aliphatic hydroxyl groups is 3. The molecule has 0 aromatic heterocycles. The summed E-state index contributed by atoms with van der Waals surface area (Å²) in [5.74, 6) is 0. The van der Waals surface area contributed by atoms with E-state index in [1.807, 2.05) is 6.92 Å². The second kappa shape index (κ2) is 4.18. The average molecular weight is 176 g/mol. The summed E-state index contributed by atoms with van der Waals surface area (Å²) in [6.45, 7) is 1.61. The molecule has 1 aliphatic rings. The van der Waals surface area contributed by atoms with Crippen LogP contribution in [0.1, 0.15) is 19.8 Å². The zero-order chi connectivity index (χ0) is 9.14. The van der Waals surface area contributed by atoms with Gasteiger partial charge in [-0.25, -0.2) is 0 Å². The lowest BCUT2D eigenvalue weighted by Crippen LogP contribution is -2.29. The highest BCUT2D eigenvalue weighted by Crippen LogP contribution is 2.24. The van der Waals surface area contributed by atoms with Gasteiger partial charge in [-0.2, -0.15) is 0 Å². The highest BCUT2D eigenvalue weighted by molar-refractivity contribution is 4.84. The Hall–Kier alpha value is -0.160. The van der Waals surface area contributed by atoms with Gasteiger partial charge in [-0.1, -0.05) is 6.92 Å². The molecule has 1 heterocycles. The van der Waals surface area contributed by atoms with Crippen LogP contribution >= 0.6 is 0 Å². The van der Waals surface area contributed by atoms with Crippen LogP contribution in [0.4, 0.5) is 0 Å². The molecule has 0 aromatic carbocycles. The van der Waals surface area contributed by atoms with Gasteiger partial charge in [-0.05, 0) is 6.42 Å². The predicted molar refractivity (Wildman–Crippen MR) is 42.7 cm³/mol. The van der Waals surface area contributed by atoms with Crippen molar-refractivity contribution in [3.8, 4) is 0 Å². The number of aliphatic hydroxyl groups excluding tert-OH is 3. The SMILES string of the molecule is CCC1OC(C(O)CO)CC1O. The number of hydrogen-bond donors (Lipinski definition) is 3. The summed E-state index contributed by atoms with van der Waals surface area (Å²) < 4.78 is 5.32. The number of ether oxygens (including phenoxy) is 1. The van der Waals surface area contributed by atoms with Crippen molar-refractivity contribution in [2.24, 2.45) is 0 Å². The van der Waals surface area contributed by atoms with Crippen LogP contribution in [0.15, 0.2) is 0 Å². The maximum atomic E-state index is 9.39. The van der Waals surface area contributed by atoms with Gasteiger partial charge >= 0.3 is 0 Å². The van der Waals surface area contributed by atoms with Crippen LogP contribution in [0.3, 0.4) is 0 Å². The van der Waals surface area contributed by atoms with E-state index in [1.54, 1.807) is 0 Å². The van der Waals surface area contributed by atoms with E-state index in [9.17, 15) is 10.2 Å². The van der Waals surface area contributed by atoms with Gasteiger partial charge in [0, 0.05) is 6.42 Å². The molecule has 12 heavy (non-hydrogen) atoms. The Bertz CT molecular complexity index is 139. The Labute approximate surface area is 71.8 Å². The third-order valence-corrected chi connectivity index (χ3v) is 2.27. The highest BCUT2D eigenvalue weighted by Gasteiger charge is 2.36. The fourth-order valence-electron chi connectivity index (χ4n) is 1.49. The summed E-state index contributed by atoms with van der Waals surface area (Å²) >= 11 is 0. The summed E-state index contributed by atoms with van der Waals surface area (Å²) in [5, 5.41) is 27.2. The van der Waals surface area contributed by atoms with E-state index in [4.69, 9.17) is 9.84 Å². The maximum absolute atomic E-state index is 9.39. The van der Waals surface area contributed by atoms with Gasteiger partial charge in [-0.15, -0.1) is 0 Å². The minimum absolute atomic E-state index is 0.184. The average Bonchev–Trinajstić information content (AvgIpc) is 2.45. The topological polar surface area (TPSA) is 69.9 Å². The summed E-state index contributed by atoms with van der Waals surface area (Å²) in [5.41, 5.74) is 0. The van der Waals surface area contributed by atoms with Crippen molar-refractivity contribution >= 4 is 0 Å². The van der Waals surface area contributed by atoms with E-state index in [0.29, 0.717) is 6.42 Å². The minimum Gasteiger partial charge on any atom is -0.394 e. The molecule has 0 amide bonds. The first-order chi connectivity index (χ1) is 5.69. The molecular weight excluding hydrogens is 160 g/mol. The first kappa shape index (κ1) is 9.92. The Balaban J connectivity index is 2.42. The molecule has 4 atom stereocenters. The second-order valence-electron chi connectivity index (χ2n) is 3.17. The van der Waals surface area contributed by atoms with Gasteiger partial charge in [0.1, 0.15) is 6.10 Å². The van der Waals surface area contributed by atoms with E-state index in [0.717, 1.165) is 6.42 Å². The summed E-state index contributed by atoms with van der Waals surface area (Å²) in [6, 6.07) is 0. The van der Waals surface area contributed by atoms with Gasteiger partial charge in [0.15, 0.2) is 0 Å². The zero-order valence-electron chi connectivity index (χ0n) is 7.18. The van der Waals surface area contributed by atoms with E-state index in [2.05, 4.69) is 0 Å². The minimum atomic E-state index is -0.865. The first-order valence-corrected chi connectivity index (χ1v) is 4.31. The Morgan fingerprint density at radius 3 is 2.67 bits per heavy atom. The van der Waals surface area contributed by atoms with Crippen LogP contribution in [-0.4, -0.2) is 46.3 Å². The molecule has 0 radical (unpaired) electrons. The van der Waals surface area contributed by atoms with Crippen LogP contribution in [-0.2, 0) is 4.74 Å². The Morgan fingerprint density at radius 2 is 2.25 bits per heavy atom. The molecule has 0 aliphatic carbocycles. The molecule has 72 valence electrons. The van der Waals surface area contributed by atoms with Crippen molar-refractivity contribution in [3.05, 3.63) is 0 Å². The van der Waals surface area contributed by atoms with Gasteiger partial charge in [0.05, 0.1) is 24.9 Å². The molecule has 0 aromatic rings. The van der Waals surface area contributed by atoms with Gasteiger partial charge < -0.3 is 20.1 Å². The maximum Gasteiger partial charge on any atom is 0.103 e. The molecule has 4 heteroatoms. The first-order valence-electron chi connectivity index (χ1n) is 4.31. The standard InChI is InChI=1S/C8H16O4/c1-2-7-5(10)3-8(12-7)6(11)4-9/h5-11H,2-4H2,1H3. The molecule has 1 fully saturated rings. The third kappa shape index (κ3) is 1.95. The van der Waals surface area contributed by atoms with Crippen molar-refractivity contribution in [3.63, 3.8) is 0 Å². The van der Waals surface area contributed by atoms with E-state index >= 15 is 0 Å². The van der Waals surface area contributed by atoms with Crippen molar-refractivity contribution in [1.29, 1.82) is 0 Å². The van der Waals surface area contributed by atoms with Crippen LogP contribution in [0, 0.1) is 0 Å². The van der Waals surface area contributed by atoms with Gasteiger partial charge in [-0.3, -0.25) is 0 Å². The summed E-state index contributed by atoms with van der Waals surface area (Å²) in [6.07, 6.45) is -0.806. The van der Waals surface area contributed by atoms with Crippen molar-refractivity contribution in [2.75, 3.05) is 6.61 Å². The molecule has 1 rings (SSSR count). The Kier molecular flexibility index (Phi) is 3.46. The largest absolute Gasteiger partial charge is 0.394 e. The van der Waals surface area contributed by atoms with Crippen LogP contribution in [0.2, 0.25) is 0 Å². The van der Waals surface area contributed by atoms with Crippen LogP contribution in [0.25, 0.3) is 0 Å². The lowest BCUT2D eigenvalue weighted by atomic mass is 10.1. The zero-order valence-corrected chi connectivity index (χ0v) is 7.18. The highest BCUT2D eigenvalue weighted by atomic mass is 16.5. The lowest BCUT2D eigenvalue weighted by molar-refractivity contribution is -0.0605. The van der Waals surface area contributed by atoms with Gasteiger partial charge in [0.25, 0.3) is 0 Å². The predicted octanol–water partition coefficient (Wildman–Crippen LogP) is -0.732. The second-order valence-corrected chi connectivity index (χ2v) is 3.17. The molecule has 0 bridgehead atoms. The number of hydrogen-bond acceptors (Lipinski definition) is 4. The molecule has 1 saturated heterocycles. The fraction of sp³-hybridized carbons (Fsp3) is 1.00. The quantitative estimate of drug-likeness (QED) is 0.530. The van der Waals surface area contributed by atoms with E-state index in [-0.39, 0.29) is 12.7 Å². The summed E-state index contributed by atoms with van der Waals surface area (Å²) in [7, 11) is 0. The summed E-state index contributed by atoms with van der Waals surface area (Å²) in [4.78, 5) is 0. The molecule has 4 unspecified atom stereocenters. The molecule has 1 aliphatic heterocycles. The van der Waals surface area contributed by atoms with Crippen molar-refractivity contribution in [1.82, 2.24) is 0 Å². The Morgan fingerprint density at radius 1 is 1.58 bits per heavy atom. The molecule has 0 spiro atoms. The van der Waals surface area contributed by atoms with Crippen molar-refractivity contribution < 1.29 is 20.1 Å². The normalized spacial score (nSPS) is 38.5. The van der Waals surface area contributed by atoms with E-state index in [1.165, 1.54) is 0 Å². The van der Waals surface area contributed by atoms with Crippen molar-refractivity contribution in [2.45, 2.75) is 44.2 Å². The molecule has 3 N–H and O–H groups in total. The lowest BCUT2D eigenvalue weighted by Gasteiger charge is -2.15. The third-order valence-electron chi connectivity index (χ3n) is 2.27. The smallest absolute Gasteiger partial charge is 0.103 e. The number of rotatable bonds is 3. The van der Waals surface area contributed by atoms with Gasteiger partial charge in [0.2, 0.25) is 0 Å². The van der Waals surface area contributed by atoms with Crippen LogP contribution < -0.4 is 0 Å². The molecule has 0 saturated carbocycles. The molecule has 4 nitrogen and oxygen atoms in total. The molecular formula is C8H16O4. The van der Waals surface area contributed by atoms with Crippen LogP contribution in [0.5, 0.6) is 0 Å². The monoisotopic (exact) mass is 176 g/mol. The fourth-order valence-corrected chi connectivity index (χ4v) is 1.49. The van der Waals surface area contributed by atoms with E-state index < -0.39 is 18.3 Å².